The number of halogens is 1. The molecule has 6 heteroatoms. The van der Waals surface area contributed by atoms with Crippen molar-refractivity contribution in [3.05, 3.63) is 35.4 Å². The van der Waals surface area contributed by atoms with Crippen molar-refractivity contribution < 1.29 is 13.2 Å². The van der Waals surface area contributed by atoms with E-state index in [-0.39, 0.29) is 11.9 Å². The van der Waals surface area contributed by atoms with Gasteiger partial charge in [-0.25, -0.2) is 8.42 Å². The Hall–Kier alpha value is -0.620. The number of hydrogen-bond acceptors (Lipinski definition) is 3. The van der Waals surface area contributed by atoms with Crippen LogP contribution in [-0.4, -0.2) is 39.0 Å². The summed E-state index contributed by atoms with van der Waals surface area (Å²) >= 11 is 5.76. The molecular formula is C13H18ClNO3S. The molecule has 0 saturated carbocycles. The smallest absolute Gasteiger partial charge is 0.218 e. The third-order valence-corrected chi connectivity index (χ3v) is 5.45. The molecule has 4 nitrogen and oxygen atoms in total. The number of ether oxygens (including phenoxy) is 1. The van der Waals surface area contributed by atoms with Crippen LogP contribution >= 0.6 is 11.6 Å². The summed E-state index contributed by atoms with van der Waals surface area (Å²) in [5.74, 6) is 0.414. The second-order valence-corrected chi connectivity index (χ2v) is 6.95. The molecule has 19 heavy (non-hydrogen) atoms. The van der Waals surface area contributed by atoms with Gasteiger partial charge >= 0.3 is 0 Å². The van der Waals surface area contributed by atoms with Gasteiger partial charge in [-0.15, -0.1) is 11.6 Å². The van der Waals surface area contributed by atoms with Gasteiger partial charge in [0.2, 0.25) is 10.0 Å². The van der Waals surface area contributed by atoms with Crippen molar-refractivity contribution >= 4 is 21.6 Å². The Morgan fingerprint density at radius 1 is 1.42 bits per heavy atom. The Morgan fingerprint density at radius 3 is 2.79 bits per heavy atom. The number of sulfonamides is 1. The minimum Gasteiger partial charge on any atom is -0.380 e. The third-order valence-electron chi connectivity index (χ3n) is 3.33. The van der Waals surface area contributed by atoms with E-state index in [1.807, 2.05) is 24.3 Å². The van der Waals surface area contributed by atoms with Gasteiger partial charge in [0.25, 0.3) is 0 Å². The highest BCUT2D eigenvalue weighted by Gasteiger charge is 2.31. The van der Waals surface area contributed by atoms with Crippen LogP contribution in [0.3, 0.4) is 0 Å². The molecule has 0 spiro atoms. The van der Waals surface area contributed by atoms with E-state index in [1.165, 1.54) is 4.31 Å². The zero-order valence-electron chi connectivity index (χ0n) is 10.9. The number of rotatable bonds is 5. The maximum Gasteiger partial charge on any atom is 0.218 e. The fourth-order valence-electron chi connectivity index (χ4n) is 2.25. The Morgan fingerprint density at radius 2 is 2.16 bits per heavy atom. The first-order valence-electron chi connectivity index (χ1n) is 6.19. The van der Waals surface area contributed by atoms with E-state index in [0.717, 1.165) is 17.5 Å². The van der Waals surface area contributed by atoms with E-state index in [0.29, 0.717) is 19.0 Å². The highest BCUT2D eigenvalue weighted by molar-refractivity contribution is 7.88. The molecule has 1 aliphatic rings. The molecule has 1 atom stereocenters. The second kappa shape index (κ2) is 6.22. The number of hydrogen-bond donors (Lipinski definition) is 0. The van der Waals surface area contributed by atoms with Gasteiger partial charge in [0, 0.05) is 26.1 Å². The van der Waals surface area contributed by atoms with Crippen LogP contribution in [0.25, 0.3) is 0 Å². The zero-order valence-corrected chi connectivity index (χ0v) is 12.5. The maximum atomic E-state index is 12.3. The lowest BCUT2D eigenvalue weighted by atomic mass is 10.2. The molecule has 1 aromatic carbocycles. The summed E-state index contributed by atoms with van der Waals surface area (Å²) in [4.78, 5) is 0. The topological polar surface area (TPSA) is 46.6 Å². The Bertz CT molecular complexity index is 532. The molecule has 0 amide bonds. The van der Waals surface area contributed by atoms with Crippen molar-refractivity contribution in [2.45, 2.75) is 24.2 Å². The van der Waals surface area contributed by atoms with Crippen LogP contribution < -0.4 is 0 Å². The molecule has 1 unspecified atom stereocenters. The van der Waals surface area contributed by atoms with Gasteiger partial charge in [0.15, 0.2) is 0 Å². The molecular weight excluding hydrogens is 286 g/mol. The fourth-order valence-corrected chi connectivity index (χ4v) is 3.97. The van der Waals surface area contributed by atoms with Gasteiger partial charge in [0.05, 0.1) is 11.9 Å². The van der Waals surface area contributed by atoms with E-state index < -0.39 is 10.0 Å². The molecule has 0 aliphatic carbocycles. The molecule has 1 aliphatic heterocycles. The predicted octanol–water partition coefficient (Wildman–Crippen LogP) is 1.98. The summed E-state index contributed by atoms with van der Waals surface area (Å²) in [6.45, 7) is 0.990. The molecule has 1 heterocycles. The van der Waals surface area contributed by atoms with Gasteiger partial charge in [0.1, 0.15) is 0 Å². The van der Waals surface area contributed by atoms with Gasteiger partial charge in [-0.05, 0) is 17.5 Å². The standard InChI is InChI=1S/C13H18ClNO3S/c1-18-13-5-6-15(9-13)19(16,17)10-12-4-2-3-11(7-12)8-14/h2-4,7,13H,5-6,8-10H2,1H3. The maximum absolute atomic E-state index is 12.3. The highest BCUT2D eigenvalue weighted by atomic mass is 35.5. The number of nitrogens with zero attached hydrogens (tertiary/aromatic N) is 1. The summed E-state index contributed by atoms with van der Waals surface area (Å²) in [5, 5.41) is 0. The van der Waals surface area contributed by atoms with Crippen LogP contribution in [0, 0.1) is 0 Å². The number of benzene rings is 1. The van der Waals surface area contributed by atoms with Gasteiger partial charge in [-0.1, -0.05) is 24.3 Å². The Kier molecular flexibility index (Phi) is 4.84. The van der Waals surface area contributed by atoms with E-state index >= 15 is 0 Å². The van der Waals surface area contributed by atoms with E-state index in [4.69, 9.17) is 16.3 Å². The first-order valence-corrected chi connectivity index (χ1v) is 8.34. The largest absolute Gasteiger partial charge is 0.380 e. The first kappa shape index (κ1) is 14.8. The monoisotopic (exact) mass is 303 g/mol. The first-order chi connectivity index (χ1) is 9.05. The van der Waals surface area contributed by atoms with Gasteiger partial charge in [-0.3, -0.25) is 0 Å². The third kappa shape index (κ3) is 3.69. The van der Waals surface area contributed by atoms with E-state index in [2.05, 4.69) is 0 Å². The van der Waals surface area contributed by atoms with E-state index in [1.54, 1.807) is 7.11 Å². The average molecular weight is 304 g/mol. The van der Waals surface area contributed by atoms with Gasteiger partial charge < -0.3 is 4.74 Å². The Balaban J connectivity index is 2.08. The normalized spacial score (nSPS) is 20.8. The predicted molar refractivity (Wildman–Crippen MR) is 75.6 cm³/mol. The van der Waals surface area contributed by atoms with Crippen molar-refractivity contribution in [2.75, 3.05) is 20.2 Å². The molecule has 1 aromatic rings. The fraction of sp³-hybridized carbons (Fsp3) is 0.538. The van der Waals surface area contributed by atoms with Crippen LogP contribution in [-0.2, 0) is 26.4 Å². The van der Waals surface area contributed by atoms with Gasteiger partial charge in [-0.2, -0.15) is 4.31 Å². The van der Waals surface area contributed by atoms with Crippen LogP contribution in [0.15, 0.2) is 24.3 Å². The van der Waals surface area contributed by atoms with Crippen molar-refractivity contribution in [3.63, 3.8) is 0 Å². The van der Waals surface area contributed by atoms with Crippen LogP contribution in [0.4, 0.5) is 0 Å². The number of alkyl halides is 1. The molecule has 106 valence electrons. The SMILES string of the molecule is COC1CCN(S(=O)(=O)Cc2cccc(CCl)c2)C1. The van der Waals surface area contributed by atoms with Crippen molar-refractivity contribution in [3.8, 4) is 0 Å². The van der Waals surface area contributed by atoms with Crippen molar-refractivity contribution in [1.82, 2.24) is 4.31 Å². The average Bonchev–Trinajstić information content (AvgIpc) is 2.88. The molecule has 0 aromatic heterocycles. The Labute approximate surface area is 119 Å². The lowest BCUT2D eigenvalue weighted by Gasteiger charge is -2.16. The molecule has 0 bridgehead atoms. The molecule has 1 saturated heterocycles. The molecule has 1 fully saturated rings. The summed E-state index contributed by atoms with van der Waals surface area (Å²) in [6, 6.07) is 7.39. The summed E-state index contributed by atoms with van der Waals surface area (Å²) in [7, 11) is -1.65. The van der Waals surface area contributed by atoms with E-state index in [9.17, 15) is 8.42 Å². The molecule has 2 rings (SSSR count). The zero-order chi connectivity index (χ0) is 13.9. The molecule has 0 N–H and O–H groups in total. The lowest BCUT2D eigenvalue weighted by molar-refractivity contribution is 0.115. The summed E-state index contributed by atoms with van der Waals surface area (Å²) in [6.07, 6.45) is 0.779. The second-order valence-electron chi connectivity index (χ2n) is 4.71. The molecule has 0 radical (unpaired) electrons. The van der Waals surface area contributed by atoms with Crippen molar-refractivity contribution in [1.29, 1.82) is 0 Å². The summed E-state index contributed by atoms with van der Waals surface area (Å²) in [5.41, 5.74) is 1.71. The number of methoxy groups -OCH3 is 1. The highest BCUT2D eigenvalue weighted by Crippen LogP contribution is 2.20. The van der Waals surface area contributed by atoms with Crippen LogP contribution in [0.1, 0.15) is 17.5 Å². The minimum absolute atomic E-state index is 0.0175. The lowest BCUT2D eigenvalue weighted by Crippen LogP contribution is -2.31. The van der Waals surface area contributed by atoms with Crippen molar-refractivity contribution in [2.24, 2.45) is 0 Å². The quantitative estimate of drug-likeness (QED) is 0.781. The van der Waals surface area contributed by atoms with Crippen LogP contribution in [0.2, 0.25) is 0 Å². The summed E-state index contributed by atoms with van der Waals surface area (Å²) < 4.78 is 31.3. The minimum atomic E-state index is -3.27. The van der Waals surface area contributed by atoms with Crippen LogP contribution in [0.5, 0.6) is 0 Å².